The molecule has 4 aromatic rings. The number of thiazole rings is 1. The minimum atomic E-state index is -0.443. The SMILES string of the molecule is Nc1ccc(CCCCCn2c(=O)[nH]c(=O)c3[nH]c(Cc4cscn4)nc32)cc1. The van der Waals surface area contributed by atoms with Gasteiger partial charge < -0.3 is 10.7 Å². The molecule has 3 aromatic heterocycles. The number of nitrogens with one attached hydrogen (secondary N) is 2. The van der Waals surface area contributed by atoms with Crippen LogP contribution in [0, 0.1) is 0 Å². The van der Waals surface area contributed by atoms with Crippen LogP contribution in [-0.4, -0.2) is 24.5 Å². The topological polar surface area (TPSA) is 122 Å². The first kappa shape index (κ1) is 19.1. The first-order valence-electron chi connectivity index (χ1n) is 9.53. The van der Waals surface area contributed by atoms with E-state index in [0.29, 0.717) is 30.0 Å². The fourth-order valence-electron chi connectivity index (χ4n) is 3.34. The maximum absolute atomic E-state index is 12.3. The summed E-state index contributed by atoms with van der Waals surface area (Å²) >= 11 is 1.51. The smallest absolute Gasteiger partial charge is 0.330 e. The van der Waals surface area contributed by atoms with E-state index in [1.165, 1.54) is 16.9 Å². The molecule has 0 bridgehead atoms. The van der Waals surface area contributed by atoms with Crippen LogP contribution in [0.1, 0.15) is 36.3 Å². The van der Waals surface area contributed by atoms with Crippen molar-refractivity contribution in [1.29, 1.82) is 0 Å². The summed E-state index contributed by atoms with van der Waals surface area (Å²) in [5, 5.41) is 1.94. The van der Waals surface area contributed by atoms with Crippen LogP contribution < -0.4 is 17.0 Å². The Morgan fingerprint density at radius 3 is 2.66 bits per heavy atom. The number of nitrogen functional groups attached to an aromatic ring is 1. The highest BCUT2D eigenvalue weighted by atomic mass is 32.1. The van der Waals surface area contributed by atoms with Gasteiger partial charge in [0, 0.05) is 24.0 Å². The Balaban J connectivity index is 1.43. The minimum absolute atomic E-state index is 0.330. The van der Waals surface area contributed by atoms with Gasteiger partial charge >= 0.3 is 5.69 Å². The summed E-state index contributed by atoms with van der Waals surface area (Å²) in [4.78, 5) is 38.7. The van der Waals surface area contributed by atoms with Crippen LogP contribution in [0.3, 0.4) is 0 Å². The number of aromatic nitrogens is 5. The lowest BCUT2D eigenvalue weighted by Crippen LogP contribution is -2.30. The molecule has 0 unspecified atom stereocenters. The highest BCUT2D eigenvalue weighted by molar-refractivity contribution is 7.07. The standard InChI is InChI=1S/C20H22N6O2S/c21-14-7-5-13(6-8-14)4-2-1-3-9-26-18-17(19(27)25-20(26)28)23-16(24-18)10-15-11-29-12-22-15/h5-8,11-12H,1-4,9-10,21H2,(H,23,24)(H,25,27,28). The summed E-state index contributed by atoms with van der Waals surface area (Å²) < 4.78 is 1.54. The van der Waals surface area contributed by atoms with Crippen molar-refractivity contribution in [3.63, 3.8) is 0 Å². The summed E-state index contributed by atoms with van der Waals surface area (Å²) in [7, 11) is 0. The molecule has 29 heavy (non-hydrogen) atoms. The molecule has 0 aliphatic heterocycles. The van der Waals surface area contributed by atoms with Gasteiger partial charge in [-0.25, -0.2) is 14.8 Å². The molecule has 9 heteroatoms. The number of benzene rings is 1. The predicted octanol–water partition coefficient (Wildman–Crippen LogP) is 2.46. The monoisotopic (exact) mass is 410 g/mol. The van der Waals surface area contributed by atoms with Gasteiger partial charge in [0.25, 0.3) is 5.56 Å². The Labute approximate surface area is 170 Å². The number of rotatable bonds is 8. The zero-order valence-corrected chi connectivity index (χ0v) is 16.7. The second-order valence-corrected chi connectivity index (χ2v) is 7.72. The van der Waals surface area contributed by atoms with Crippen LogP contribution in [0.25, 0.3) is 11.2 Å². The largest absolute Gasteiger partial charge is 0.399 e. The van der Waals surface area contributed by atoms with Crippen molar-refractivity contribution < 1.29 is 0 Å². The molecule has 3 heterocycles. The number of aromatic amines is 2. The Kier molecular flexibility index (Phi) is 5.57. The molecular weight excluding hydrogens is 388 g/mol. The molecule has 150 valence electrons. The lowest BCUT2D eigenvalue weighted by Gasteiger charge is -2.06. The average molecular weight is 411 g/mol. The first-order chi connectivity index (χ1) is 14.1. The number of nitrogens with two attached hydrogens (primary N) is 1. The van der Waals surface area contributed by atoms with Gasteiger partial charge in [0.15, 0.2) is 5.65 Å². The normalized spacial score (nSPS) is 11.3. The van der Waals surface area contributed by atoms with Gasteiger partial charge in [-0.1, -0.05) is 18.6 Å². The van der Waals surface area contributed by atoms with E-state index < -0.39 is 11.2 Å². The van der Waals surface area contributed by atoms with Crippen molar-refractivity contribution in [2.24, 2.45) is 0 Å². The first-order valence-corrected chi connectivity index (χ1v) is 10.5. The summed E-state index contributed by atoms with van der Waals surface area (Å²) in [6, 6.07) is 7.90. The van der Waals surface area contributed by atoms with Crippen LogP contribution in [-0.2, 0) is 19.4 Å². The van der Waals surface area contributed by atoms with Crippen LogP contribution >= 0.6 is 11.3 Å². The third-order valence-electron chi connectivity index (χ3n) is 4.84. The van der Waals surface area contributed by atoms with Gasteiger partial charge in [-0.05, 0) is 37.0 Å². The van der Waals surface area contributed by atoms with Crippen LogP contribution in [0.15, 0.2) is 44.7 Å². The molecule has 0 atom stereocenters. The summed E-state index contributed by atoms with van der Waals surface area (Å²) in [5.41, 5.74) is 10.2. The maximum atomic E-state index is 12.3. The van der Waals surface area contributed by atoms with Gasteiger partial charge in [-0.2, -0.15) is 0 Å². The van der Waals surface area contributed by atoms with Crippen molar-refractivity contribution in [1.82, 2.24) is 24.5 Å². The van der Waals surface area contributed by atoms with E-state index in [0.717, 1.165) is 37.1 Å². The van der Waals surface area contributed by atoms with Crippen molar-refractivity contribution in [3.8, 4) is 0 Å². The maximum Gasteiger partial charge on any atom is 0.330 e. The Hall–Kier alpha value is -3.20. The van der Waals surface area contributed by atoms with Crippen molar-refractivity contribution in [3.05, 3.63) is 73.1 Å². The molecule has 0 saturated carbocycles. The van der Waals surface area contributed by atoms with Gasteiger partial charge in [0.2, 0.25) is 0 Å². The fraction of sp³-hybridized carbons (Fsp3) is 0.300. The summed E-state index contributed by atoms with van der Waals surface area (Å²) in [6.07, 6.45) is 4.27. The van der Waals surface area contributed by atoms with Gasteiger partial charge in [-0.15, -0.1) is 11.3 Å². The third kappa shape index (κ3) is 4.45. The molecule has 0 aliphatic rings. The van der Waals surface area contributed by atoms with E-state index in [9.17, 15) is 9.59 Å². The summed E-state index contributed by atoms with van der Waals surface area (Å²) in [5.74, 6) is 0.624. The van der Waals surface area contributed by atoms with Crippen molar-refractivity contribution >= 4 is 28.2 Å². The molecule has 0 amide bonds. The summed E-state index contributed by atoms with van der Waals surface area (Å²) in [6.45, 7) is 0.509. The second kappa shape index (κ2) is 8.44. The number of nitrogens with zero attached hydrogens (tertiary/aromatic N) is 3. The number of fused-ring (bicyclic) bond motifs is 1. The Bertz CT molecular complexity index is 1200. The molecule has 0 fully saturated rings. The highest BCUT2D eigenvalue weighted by Gasteiger charge is 2.13. The van der Waals surface area contributed by atoms with Crippen LogP contribution in [0.2, 0.25) is 0 Å². The quantitative estimate of drug-likeness (QED) is 0.304. The zero-order chi connectivity index (χ0) is 20.2. The molecule has 4 N–H and O–H groups in total. The highest BCUT2D eigenvalue weighted by Crippen LogP contribution is 2.13. The van der Waals surface area contributed by atoms with Gasteiger partial charge in [0.1, 0.15) is 11.3 Å². The van der Waals surface area contributed by atoms with E-state index in [2.05, 4.69) is 19.9 Å². The van der Waals surface area contributed by atoms with Gasteiger partial charge in [-0.3, -0.25) is 14.3 Å². The number of anilines is 1. The molecule has 4 rings (SSSR count). The number of unbranched alkanes of at least 4 members (excludes halogenated alkanes) is 2. The molecule has 1 aromatic carbocycles. The predicted molar refractivity (Wildman–Crippen MR) is 114 cm³/mol. The fourth-order valence-corrected chi connectivity index (χ4v) is 3.89. The molecule has 0 saturated heterocycles. The van der Waals surface area contributed by atoms with Crippen molar-refractivity contribution in [2.45, 2.75) is 38.6 Å². The number of hydrogen-bond acceptors (Lipinski definition) is 6. The Morgan fingerprint density at radius 2 is 1.90 bits per heavy atom. The average Bonchev–Trinajstić information content (AvgIpc) is 3.36. The number of aryl methyl sites for hydroxylation is 2. The molecule has 0 radical (unpaired) electrons. The van der Waals surface area contributed by atoms with Crippen LogP contribution in [0.5, 0.6) is 0 Å². The molecule has 0 spiro atoms. The van der Waals surface area contributed by atoms with Crippen LogP contribution in [0.4, 0.5) is 5.69 Å². The lowest BCUT2D eigenvalue weighted by atomic mass is 10.1. The Morgan fingerprint density at radius 1 is 1.07 bits per heavy atom. The van der Waals surface area contributed by atoms with Crippen molar-refractivity contribution in [2.75, 3.05) is 5.73 Å². The number of imidazole rings is 1. The zero-order valence-electron chi connectivity index (χ0n) is 15.9. The molecule has 0 aliphatic carbocycles. The molecular formula is C20H22N6O2S. The minimum Gasteiger partial charge on any atom is -0.399 e. The number of hydrogen-bond donors (Lipinski definition) is 3. The van der Waals surface area contributed by atoms with E-state index in [-0.39, 0.29) is 0 Å². The third-order valence-corrected chi connectivity index (χ3v) is 5.48. The number of H-pyrrole nitrogens is 2. The molecule has 8 nitrogen and oxygen atoms in total. The second-order valence-electron chi connectivity index (χ2n) is 7.00. The van der Waals surface area contributed by atoms with E-state index in [4.69, 9.17) is 5.73 Å². The van der Waals surface area contributed by atoms with E-state index >= 15 is 0 Å². The van der Waals surface area contributed by atoms with E-state index in [1.807, 2.05) is 29.6 Å². The lowest BCUT2D eigenvalue weighted by molar-refractivity contribution is 0.575. The van der Waals surface area contributed by atoms with Gasteiger partial charge in [0.05, 0.1) is 11.2 Å². The van der Waals surface area contributed by atoms with E-state index in [1.54, 1.807) is 10.1 Å².